The zero-order valence-corrected chi connectivity index (χ0v) is 12.9. The molecule has 0 aliphatic rings. The molecule has 0 amide bonds. The molecule has 0 radical (unpaired) electrons. The molecule has 0 saturated heterocycles. The number of ether oxygens (including phenoxy) is 2. The van der Waals surface area contributed by atoms with E-state index in [-0.39, 0.29) is 0 Å². The molecule has 2 aromatic rings. The highest BCUT2D eigenvalue weighted by Gasteiger charge is 2.03. The van der Waals surface area contributed by atoms with Gasteiger partial charge in [0.05, 0.1) is 6.61 Å². The van der Waals surface area contributed by atoms with Crippen LogP contribution in [-0.2, 0) is 0 Å². The Kier molecular flexibility index (Phi) is 4.90. The van der Waals surface area contributed by atoms with E-state index in [0.717, 1.165) is 21.5 Å². The second kappa shape index (κ2) is 6.65. The molecule has 0 heterocycles. The molecule has 0 bridgehead atoms. The Morgan fingerprint density at radius 2 is 1.84 bits per heavy atom. The summed E-state index contributed by atoms with van der Waals surface area (Å²) in [6.07, 6.45) is 0.960. The number of nitrogen functional groups attached to an aromatic ring is 1. The predicted octanol–water partition coefficient (Wildman–Crippen LogP) is 4.45. The Balaban J connectivity index is 2.17. The smallest absolute Gasteiger partial charge is 0.133 e. The van der Waals surface area contributed by atoms with Gasteiger partial charge in [-0.2, -0.15) is 0 Å². The van der Waals surface area contributed by atoms with Gasteiger partial charge in [0, 0.05) is 27.5 Å². The van der Waals surface area contributed by atoms with Crippen LogP contribution in [0.25, 0.3) is 0 Å². The highest BCUT2D eigenvalue weighted by Crippen LogP contribution is 2.29. The van der Waals surface area contributed by atoms with Crippen LogP contribution in [-0.4, -0.2) is 6.61 Å². The standard InChI is InChI=1S/C15H16INO2/c1-2-6-18-14-8-12(17)9-15(10-14)19-13-5-3-4-11(16)7-13/h3-5,7-10H,2,6,17H2,1H3. The number of halogens is 1. The summed E-state index contributed by atoms with van der Waals surface area (Å²) in [5, 5.41) is 0. The predicted molar refractivity (Wildman–Crippen MR) is 85.9 cm³/mol. The number of rotatable bonds is 5. The molecule has 2 N–H and O–H groups in total. The van der Waals surface area contributed by atoms with Crippen LogP contribution in [0.5, 0.6) is 17.2 Å². The molecule has 100 valence electrons. The van der Waals surface area contributed by atoms with Crippen molar-refractivity contribution in [2.75, 3.05) is 12.3 Å². The maximum absolute atomic E-state index is 5.85. The van der Waals surface area contributed by atoms with Crippen LogP contribution in [0.4, 0.5) is 5.69 Å². The summed E-state index contributed by atoms with van der Waals surface area (Å²) in [7, 11) is 0. The van der Waals surface area contributed by atoms with Crippen molar-refractivity contribution < 1.29 is 9.47 Å². The van der Waals surface area contributed by atoms with Crippen molar-refractivity contribution in [3.05, 3.63) is 46.0 Å². The van der Waals surface area contributed by atoms with Gasteiger partial charge in [-0.15, -0.1) is 0 Å². The minimum absolute atomic E-state index is 0.634. The molecule has 0 unspecified atom stereocenters. The Hall–Kier alpha value is -1.43. The Labute approximate surface area is 126 Å². The van der Waals surface area contributed by atoms with Gasteiger partial charge < -0.3 is 15.2 Å². The zero-order chi connectivity index (χ0) is 13.7. The zero-order valence-electron chi connectivity index (χ0n) is 10.7. The summed E-state index contributed by atoms with van der Waals surface area (Å²) >= 11 is 2.25. The highest BCUT2D eigenvalue weighted by atomic mass is 127. The molecule has 0 aliphatic heterocycles. The Morgan fingerprint density at radius 3 is 2.58 bits per heavy atom. The first-order chi connectivity index (χ1) is 9.17. The first-order valence-electron chi connectivity index (χ1n) is 6.14. The molecule has 19 heavy (non-hydrogen) atoms. The molecule has 2 aromatic carbocycles. The summed E-state index contributed by atoms with van der Waals surface area (Å²) < 4.78 is 12.5. The molecular weight excluding hydrogens is 353 g/mol. The molecule has 0 fully saturated rings. The van der Waals surface area contributed by atoms with Gasteiger partial charge in [-0.05, 0) is 47.2 Å². The minimum Gasteiger partial charge on any atom is -0.493 e. The van der Waals surface area contributed by atoms with Gasteiger partial charge in [-0.25, -0.2) is 0 Å². The van der Waals surface area contributed by atoms with Gasteiger partial charge in [-0.3, -0.25) is 0 Å². The number of hydrogen-bond acceptors (Lipinski definition) is 3. The van der Waals surface area contributed by atoms with Crippen LogP contribution in [0.2, 0.25) is 0 Å². The normalized spacial score (nSPS) is 10.2. The van der Waals surface area contributed by atoms with Crippen molar-refractivity contribution in [2.45, 2.75) is 13.3 Å². The lowest BCUT2D eigenvalue weighted by atomic mass is 10.3. The van der Waals surface area contributed by atoms with Gasteiger partial charge in [0.1, 0.15) is 17.2 Å². The fraction of sp³-hybridized carbons (Fsp3) is 0.200. The number of anilines is 1. The van der Waals surface area contributed by atoms with E-state index in [1.165, 1.54) is 0 Å². The van der Waals surface area contributed by atoms with E-state index >= 15 is 0 Å². The topological polar surface area (TPSA) is 44.5 Å². The van der Waals surface area contributed by atoms with Crippen LogP contribution in [0, 0.1) is 3.57 Å². The van der Waals surface area contributed by atoms with Crippen LogP contribution in [0.15, 0.2) is 42.5 Å². The molecule has 0 atom stereocenters. The first-order valence-corrected chi connectivity index (χ1v) is 7.22. The van der Waals surface area contributed by atoms with E-state index in [0.29, 0.717) is 18.0 Å². The summed E-state index contributed by atoms with van der Waals surface area (Å²) in [6.45, 7) is 2.74. The van der Waals surface area contributed by atoms with Crippen molar-refractivity contribution in [1.29, 1.82) is 0 Å². The van der Waals surface area contributed by atoms with Crippen LogP contribution >= 0.6 is 22.6 Å². The van der Waals surface area contributed by atoms with E-state index in [4.69, 9.17) is 15.2 Å². The van der Waals surface area contributed by atoms with Crippen molar-refractivity contribution in [1.82, 2.24) is 0 Å². The third kappa shape index (κ3) is 4.31. The Morgan fingerprint density at radius 1 is 1.05 bits per heavy atom. The van der Waals surface area contributed by atoms with Crippen molar-refractivity contribution in [3.63, 3.8) is 0 Å². The molecule has 0 aromatic heterocycles. The third-order valence-corrected chi connectivity index (χ3v) is 3.08. The fourth-order valence-corrected chi connectivity index (χ4v) is 2.14. The average Bonchev–Trinajstić information content (AvgIpc) is 2.35. The van der Waals surface area contributed by atoms with E-state index < -0.39 is 0 Å². The summed E-state index contributed by atoms with van der Waals surface area (Å²) in [5.41, 5.74) is 6.49. The van der Waals surface area contributed by atoms with Gasteiger partial charge >= 0.3 is 0 Å². The molecule has 3 nitrogen and oxygen atoms in total. The maximum Gasteiger partial charge on any atom is 0.133 e. The number of nitrogens with two attached hydrogens (primary N) is 1. The lowest BCUT2D eigenvalue weighted by Crippen LogP contribution is -1.97. The molecule has 2 rings (SSSR count). The lowest BCUT2D eigenvalue weighted by molar-refractivity contribution is 0.316. The summed E-state index contributed by atoms with van der Waals surface area (Å²) in [5.74, 6) is 2.22. The second-order valence-electron chi connectivity index (χ2n) is 4.15. The number of benzene rings is 2. The van der Waals surface area contributed by atoms with E-state index in [1.54, 1.807) is 12.1 Å². The van der Waals surface area contributed by atoms with Crippen molar-refractivity contribution >= 4 is 28.3 Å². The fourth-order valence-electron chi connectivity index (χ4n) is 1.62. The number of hydrogen-bond donors (Lipinski definition) is 1. The van der Waals surface area contributed by atoms with Crippen molar-refractivity contribution in [3.8, 4) is 17.2 Å². The molecule has 0 spiro atoms. The second-order valence-corrected chi connectivity index (χ2v) is 5.39. The lowest BCUT2D eigenvalue weighted by Gasteiger charge is -2.10. The maximum atomic E-state index is 5.85. The molecule has 0 saturated carbocycles. The van der Waals surface area contributed by atoms with Crippen LogP contribution < -0.4 is 15.2 Å². The first kappa shape index (κ1) is 14.0. The molecular formula is C15H16INO2. The third-order valence-electron chi connectivity index (χ3n) is 2.41. The highest BCUT2D eigenvalue weighted by molar-refractivity contribution is 14.1. The van der Waals surface area contributed by atoms with E-state index in [2.05, 4.69) is 29.5 Å². The molecule has 4 heteroatoms. The van der Waals surface area contributed by atoms with Gasteiger partial charge in [0.15, 0.2) is 0 Å². The SMILES string of the molecule is CCCOc1cc(N)cc(Oc2cccc(I)c2)c1. The minimum atomic E-state index is 0.634. The van der Waals surface area contributed by atoms with Crippen LogP contribution in [0.3, 0.4) is 0 Å². The van der Waals surface area contributed by atoms with Gasteiger partial charge in [0.25, 0.3) is 0 Å². The largest absolute Gasteiger partial charge is 0.493 e. The quantitative estimate of drug-likeness (QED) is 0.626. The van der Waals surface area contributed by atoms with Gasteiger partial charge in [0.2, 0.25) is 0 Å². The summed E-state index contributed by atoms with van der Waals surface area (Å²) in [6, 6.07) is 13.3. The Bertz CT molecular complexity index is 558. The molecule has 0 aliphatic carbocycles. The summed E-state index contributed by atoms with van der Waals surface area (Å²) in [4.78, 5) is 0. The van der Waals surface area contributed by atoms with Crippen molar-refractivity contribution in [2.24, 2.45) is 0 Å². The van der Waals surface area contributed by atoms with Crippen LogP contribution in [0.1, 0.15) is 13.3 Å². The monoisotopic (exact) mass is 369 g/mol. The van der Waals surface area contributed by atoms with Gasteiger partial charge in [-0.1, -0.05) is 13.0 Å². The van der Waals surface area contributed by atoms with E-state index in [1.807, 2.05) is 30.3 Å². The average molecular weight is 369 g/mol. The van der Waals surface area contributed by atoms with E-state index in [9.17, 15) is 0 Å².